The quantitative estimate of drug-likeness (QED) is 0.542. The summed E-state index contributed by atoms with van der Waals surface area (Å²) in [6, 6.07) is 3.37. The van der Waals surface area contributed by atoms with Crippen LogP contribution in [-0.2, 0) is 0 Å². The predicted molar refractivity (Wildman–Crippen MR) is 53.4 cm³/mol. The first-order chi connectivity index (χ1) is 6.86. The third-order valence-electron chi connectivity index (χ3n) is 1.75. The van der Waals surface area contributed by atoms with Crippen LogP contribution in [-0.4, -0.2) is 24.4 Å². The number of nitrogens with zero attached hydrogens (tertiary/aromatic N) is 1. The summed E-state index contributed by atoms with van der Waals surface area (Å²) in [6.07, 6.45) is 4.15. The molecule has 0 aliphatic carbocycles. The fourth-order valence-corrected chi connectivity index (χ4v) is 0.983. The van der Waals surface area contributed by atoms with Crippen molar-refractivity contribution in [2.75, 3.05) is 13.2 Å². The smallest absolute Gasteiger partial charge is 0.168 e. The molecule has 1 rings (SSSR count). The topological polar surface area (TPSA) is 65.2 Å². The Morgan fingerprint density at radius 3 is 2.86 bits per heavy atom. The average Bonchev–Trinajstić information content (AvgIpc) is 2.25. The molecule has 4 heteroatoms. The molecular weight excluding hydrogens is 180 g/mol. The highest BCUT2D eigenvalue weighted by molar-refractivity contribution is 5.71. The van der Waals surface area contributed by atoms with E-state index in [1.54, 1.807) is 18.3 Å². The molecule has 14 heavy (non-hydrogen) atoms. The fraction of sp³-hybridized carbons (Fsp3) is 0.400. The molecule has 2 N–H and O–H groups in total. The van der Waals surface area contributed by atoms with E-state index < -0.39 is 0 Å². The van der Waals surface area contributed by atoms with Gasteiger partial charge in [-0.15, -0.1) is 0 Å². The van der Waals surface area contributed by atoms with E-state index in [9.17, 15) is 4.79 Å². The number of hydrogen-bond acceptors (Lipinski definition) is 4. The van der Waals surface area contributed by atoms with Gasteiger partial charge in [-0.05, 0) is 31.5 Å². The van der Waals surface area contributed by atoms with Crippen LogP contribution in [0.15, 0.2) is 18.3 Å². The summed E-state index contributed by atoms with van der Waals surface area (Å²) in [4.78, 5) is 14.2. The van der Waals surface area contributed by atoms with Crippen molar-refractivity contribution in [2.24, 2.45) is 5.73 Å². The van der Waals surface area contributed by atoms with E-state index in [0.717, 1.165) is 12.8 Å². The number of ether oxygens (including phenoxy) is 1. The van der Waals surface area contributed by atoms with Crippen molar-refractivity contribution in [3.05, 3.63) is 24.0 Å². The van der Waals surface area contributed by atoms with E-state index in [0.29, 0.717) is 30.9 Å². The monoisotopic (exact) mass is 194 g/mol. The number of rotatable bonds is 6. The predicted octanol–water partition coefficient (Wildman–Crippen LogP) is 1.01. The highest BCUT2D eigenvalue weighted by Gasteiger charge is 1.95. The van der Waals surface area contributed by atoms with Crippen molar-refractivity contribution >= 4 is 6.29 Å². The molecule has 1 aromatic heterocycles. The number of unbranched alkanes of at least 4 members (excludes halogenated alkanes) is 1. The maximum atomic E-state index is 10.3. The van der Waals surface area contributed by atoms with Crippen molar-refractivity contribution in [3.8, 4) is 5.75 Å². The SMILES string of the molecule is NCCCCOc1ccc(C=O)nc1. The molecule has 0 bridgehead atoms. The fourth-order valence-electron chi connectivity index (χ4n) is 0.983. The summed E-state index contributed by atoms with van der Waals surface area (Å²) in [6.45, 7) is 1.32. The van der Waals surface area contributed by atoms with Crippen LogP contribution in [0.25, 0.3) is 0 Å². The van der Waals surface area contributed by atoms with Crippen LogP contribution in [0, 0.1) is 0 Å². The van der Waals surface area contributed by atoms with E-state index in [4.69, 9.17) is 10.5 Å². The van der Waals surface area contributed by atoms with Gasteiger partial charge in [0.25, 0.3) is 0 Å². The number of hydrogen-bond donors (Lipinski definition) is 1. The molecule has 0 amide bonds. The van der Waals surface area contributed by atoms with E-state index in [1.165, 1.54) is 0 Å². The molecule has 0 aliphatic rings. The van der Waals surface area contributed by atoms with E-state index in [1.807, 2.05) is 0 Å². The van der Waals surface area contributed by atoms with Crippen LogP contribution in [0.5, 0.6) is 5.75 Å². The summed E-state index contributed by atoms with van der Waals surface area (Å²) in [5.74, 6) is 0.688. The first kappa shape index (κ1) is 10.7. The van der Waals surface area contributed by atoms with Crippen LogP contribution in [0.3, 0.4) is 0 Å². The second-order valence-corrected chi connectivity index (χ2v) is 2.88. The minimum Gasteiger partial charge on any atom is -0.492 e. The highest BCUT2D eigenvalue weighted by Crippen LogP contribution is 2.08. The number of carbonyl (C=O) groups excluding carboxylic acids is 1. The third kappa shape index (κ3) is 3.53. The Morgan fingerprint density at radius 1 is 1.43 bits per heavy atom. The summed E-state index contributed by atoms with van der Waals surface area (Å²) in [7, 11) is 0. The molecule has 1 aromatic rings. The minimum atomic E-state index is 0.416. The van der Waals surface area contributed by atoms with Crippen LogP contribution in [0.4, 0.5) is 0 Å². The van der Waals surface area contributed by atoms with Gasteiger partial charge < -0.3 is 10.5 Å². The number of nitrogens with two attached hydrogens (primary N) is 1. The van der Waals surface area contributed by atoms with Gasteiger partial charge in [0.15, 0.2) is 6.29 Å². The van der Waals surface area contributed by atoms with Gasteiger partial charge in [0, 0.05) is 0 Å². The lowest BCUT2D eigenvalue weighted by Crippen LogP contribution is -2.03. The maximum Gasteiger partial charge on any atom is 0.168 e. The van der Waals surface area contributed by atoms with E-state index >= 15 is 0 Å². The van der Waals surface area contributed by atoms with Gasteiger partial charge in [0.1, 0.15) is 11.4 Å². The lowest BCUT2D eigenvalue weighted by molar-refractivity contribution is 0.111. The molecule has 0 aliphatic heterocycles. The lowest BCUT2D eigenvalue weighted by atomic mass is 10.3. The number of pyridine rings is 1. The van der Waals surface area contributed by atoms with Gasteiger partial charge in [0.2, 0.25) is 0 Å². The molecule has 0 saturated carbocycles. The first-order valence-corrected chi connectivity index (χ1v) is 4.61. The van der Waals surface area contributed by atoms with E-state index in [2.05, 4.69) is 4.98 Å². The molecule has 0 unspecified atom stereocenters. The van der Waals surface area contributed by atoms with Crippen LogP contribution >= 0.6 is 0 Å². The highest BCUT2D eigenvalue weighted by atomic mass is 16.5. The number of carbonyl (C=O) groups is 1. The molecule has 0 radical (unpaired) electrons. The van der Waals surface area contributed by atoms with Crippen LogP contribution in [0.2, 0.25) is 0 Å². The van der Waals surface area contributed by atoms with Gasteiger partial charge in [-0.3, -0.25) is 4.79 Å². The Morgan fingerprint density at radius 2 is 2.29 bits per heavy atom. The maximum absolute atomic E-state index is 10.3. The van der Waals surface area contributed by atoms with Gasteiger partial charge >= 0.3 is 0 Å². The Balaban J connectivity index is 2.32. The molecule has 0 aromatic carbocycles. The van der Waals surface area contributed by atoms with E-state index in [-0.39, 0.29) is 0 Å². The Kier molecular flexibility index (Phi) is 4.64. The molecule has 76 valence electrons. The average molecular weight is 194 g/mol. The summed E-state index contributed by atoms with van der Waals surface area (Å²) < 4.78 is 5.37. The molecular formula is C10H14N2O2. The zero-order valence-corrected chi connectivity index (χ0v) is 7.98. The van der Waals surface area contributed by atoms with Crippen LogP contribution in [0.1, 0.15) is 23.3 Å². The third-order valence-corrected chi connectivity index (χ3v) is 1.75. The van der Waals surface area contributed by atoms with Crippen molar-refractivity contribution < 1.29 is 9.53 Å². The zero-order valence-electron chi connectivity index (χ0n) is 7.98. The van der Waals surface area contributed by atoms with Gasteiger partial charge in [-0.2, -0.15) is 0 Å². The summed E-state index contributed by atoms with van der Waals surface area (Å²) in [5.41, 5.74) is 5.76. The molecule has 1 heterocycles. The second-order valence-electron chi connectivity index (χ2n) is 2.88. The largest absolute Gasteiger partial charge is 0.492 e. The molecule has 0 spiro atoms. The number of aromatic nitrogens is 1. The zero-order chi connectivity index (χ0) is 10.2. The van der Waals surface area contributed by atoms with Crippen molar-refractivity contribution in [1.29, 1.82) is 0 Å². The molecule has 0 saturated heterocycles. The lowest BCUT2D eigenvalue weighted by Gasteiger charge is -2.04. The molecule has 4 nitrogen and oxygen atoms in total. The Bertz CT molecular complexity index is 272. The molecule has 0 fully saturated rings. The normalized spacial score (nSPS) is 9.79. The van der Waals surface area contributed by atoms with Crippen molar-refractivity contribution in [3.63, 3.8) is 0 Å². The minimum absolute atomic E-state index is 0.416. The standard InChI is InChI=1S/C10H14N2O2/c11-5-1-2-6-14-10-4-3-9(8-13)12-7-10/h3-4,7-8H,1-2,5-6,11H2. The van der Waals surface area contributed by atoms with Crippen molar-refractivity contribution in [1.82, 2.24) is 4.98 Å². The van der Waals surface area contributed by atoms with Crippen LogP contribution < -0.4 is 10.5 Å². The summed E-state index contributed by atoms with van der Waals surface area (Å²) in [5, 5.41) is 0. The summed E-state index contributed by atoms with van der Waals surface area (Å²) >= 11 is 0. The van der Waals surface area contributed by atoms with Gasteiger partial charge in [-0.25, -0.2) is 4.98 Å². The Labute approximate surface area is 83.1 Å². The van der Waals surface area contributed by atoms with Gasteiger partial charge in [0.05, 0.1) is 12.8 Å². The van der Waals surface area contributed by atoms with Crippen molar-refractivity contribution in [2.45, 2.75) is 12.8 Å². The van der Waals surface area contributed by atoms with Gasteiger partial charge in [-0.1, -0.05) is 0 Å². The first-order valence-electron chi connectivity index (χ1n) is 4.61. The Hall–Kier alpha value is -1.42. The molecule has 0 atom stereocenters. The second kappa shape index (κ2) is 6.10. The number of aldehydes is 1.